The fourth-order valence-electron chi connectivity index (χ4n) is 3.59. The number of nitrogens with one attached hydrogen (secondary N) is 1. The van der Waals surface area contributed by atoms with E-state index in [4.69, 9.17) is 21.4 Å². The highest BCUT2D eigenvalue weighted by atomic mass is 35.5. The molecule has 0 radical (unpaired) electrons. The number of hydrogen-bond donors (Lipinski definition) is 1. The molecule has 174 valence electrons. The fraction of sp³-hybridized carbons (Fsp3) is 0.208. The average Bonchev–Trinajstić information content (AvgIpc) is 3.33. The molecule has 2 heterocycles. The topological polar surface area (TPSA) is 106 Å². The normalized spacial score (nSPS) is 15.0. The zero-order chi connectivity index (χ0) is 24.1. The van der Waals surface area contributed by atoms with Gasteiger partial charge in [0.05, 0.1) is 26.5 Å². The first-order chi connectivity index (χ1) is 16.5. The molecule has 0 saturated heterocycles. The van der Waals surface area contributed by atoms with Gasteiger partial charge < -0.3 is 14.8 Å². The van der Waals surface area contributed by atoms with E-state index >= 15 is 0 Å². The minimum Gasteiger partial charge on any atom is -0.468 e. The monoisotopic (exact) mass is 479 g/mol. The van der Waals surface area contributed by atoms with Crippen molar-refractivity contribution in [1.29, 1.82) is 0 Å². The first kappa shape index (κ1) is 23.2. The van der Waals surface area contributed by atoms with Gasteiger partial charge in [0.15, 0.2) is 5.82 Å². The molecule has 1 aromatic heterocycles. The zero-order valence-corrected chi connectivity index (χ0v) is 19.3. The molecule has 4 rings (SSSR count). The van der Waals surface area contributed by atoms with Gasteiger partial charge in [-0.25, -0.2) is 9.99 Å². The number of methoxy groups -OCH3 is 2. The van der Waals surface area contributed by atoms with Gasteiger partial charge >= 0.3 is 12.0 Å². The molecule has 0 spiro atoms. The number of aromatic nitrogens is 2. The number of anilines is 1. The molecule has 0 bridgehead atoms. The van der Waals surface area contributed by atoms with E-state index in [0.29, 0.717) is 11.6 Å². The maximum atomic E-state index is 12.9. The number of esters is 1. The molecule has 0 aliphatic carbocycles. The molecule has 1 N–H and O–H groups in total. The van der Waals surface area contributed by atoms with Crippen molar-refractivity contribution in [1.82, 2.24) is 15.3 Å². The van der Waals surface area contributed by atoms with Gasteiger partial charge in [0, 0.05) is 17.1 Å². The van der Waals surface area contributed by atoms with E-state index in [1.807, 2.05) is 54.6 Å². The van der Waals surface area contributed by atoms with Crippen LogP contribution >= 0.6 is 11.6 Å². The Hall–Kier alpha value is -3.98. The summed E-state index contributed by atoms with van der Waals surface area (Å²) in [5.74, 6) is -0.930. The minimum atomic E-state index is -0.572. The van der Waals surface area contributed by atoms with Crippen LogP contribution < -0.4 is 15.1 Å². The Kier molecular flexibility index (Phi) is 7.03. The number of carbonyl (C=O) groups excluding carboxylic acids is 2. The molecule has 1 amide bonds. The van der Waals surface area contributed by atoms with Crippen molar-refractivity contribution >= 4 is 35.0 Å². The number of hydrazone groups is 1. The predicted octanol–water partition coefficient (Wildman–Crippen LogP) is 3.05. The Morgan fingerprint density at radius 3 is 2.53 bits per heavy atom. The summed E-state index contributed by atoms with van der Waals surface area (Å²) < 4.78 is 9.77. The highest BCUT2D eigenvalue weighted by Crippen LogP contribution is 2.33. The molecule has 10 heteroatoms. The quantitative estimate of drug-likeness (QED) is 0.519. The zero-order valence-electron chi connectivity index (χ0n) is 18.6. The molecular formula is C24H22ClN5O4. The molecule has 1 atom stereocenters. The standard InChI is InChI=1S/C24H22ClN5O4/c1-33-20(31)13-26-23(32)18-12-27-24(34-2)28-22(18)30-14-19(15-6-4-3-5-7-15)21(29-30)16-8-10-17(25)11-9-16/h3-12,19H,13-14H2,1-2H3,(H,26,32). The van der Waals surface area contributed by atoms with Crippen molar-refractivity contribution in [2.45, 2.75) is 5.92 Å². The van der Waals surface area contributed by atoms with Crippen molar-refractivity contribution in [3.05, 3.63) is 82.5 Å². The number of ether oxygens (including phenoxy) is 2. The highest BCUT2D eigenvalue weighted by Gasteiger charge is 2.33. The van der Waals surface area contributed by atoms with Gasteiger partial charge in [-0.15, -0.1) is 0 Å². The summed E-state index contributed by atoms with van der Waals surface area (Å²) in [6.45, 7) is 0.145. The summed E-state index contributed by atoms with van der Waals surface area (Å²) in [6.07, 6.45) is 1.35. The van der Waals surface area contributed by atoms with Gasteiger partial charge in [-0.05, 0) is 23.3 Å². The van der Waals surface area contributed by atoms with Gasteiger partial charge in [0.25, 0.3) is 5.91 Å². The molecule has 34 heavy (non-hydrogen) atoms. The first-order valence-electron chi connectivity index (χ1n) is 10.4. The molecule has 1 aliphatic heterocycles. The number of rotatable bonds is 7. The van der Waals surface area contributed by atoms with Crippen LogP contribution in [-0.2, 0) is 9.53 Å². The summed E-state index contributed by atoms with van der Waals surface area (Å²) in [4.78, 5) is 32.8. The summed E-state index contributed by atoms with van der Waals surface area (Å²) in [5, 5.41) is 9.63. The molecule has 0 saturated carbocycles. The van der Waals surface area contributed by atoms with E-state index in [2.05, 4.69) is 20.0 Å². The largest absolute Gasteiger partial charge is 0.468 e. The number of halogens is 1. The summed E-state index contributed by atoms with van der Waals surface area (Å²) >= 11 is 6.09. The third kappa shape index (κ3) is 4.99. The lowest BCUT2D eigenvalue weighted by Crippen LogP contribution is -2.32. The average molecular weight is 480 g/mol. The molecule has 0 fully saturated rings. The fourth-order valence-corrected chi connectivity index (χ4v) is 3.72. The molecule has 1 unspecified atom stereocenters. The van der Waals surface area contributed by atoms with E-state index in [1.54, 1.807) is 5.01 Å². The van der Waals surface area contributed by atoms with Gasteiger partial charge in [-0.3, -0.25) is 9.59 Å². The van der Waals surface area contributed by atoms with Gasteiger partial charge in [0.1, 0.15) is 12.1 Å². The van der Waals surface area contributed by atoms with E-state index in [1.165, 1.54) is 20.4 Å². The van der Waals surface area contributed by atoms with E-state index in [0.717, 1.165) is 16.8 Å². The van der Waals surface area contributed by atoms with Crippen LogP contribution in [0.2, 0.25) is 5.02 Å². The Labute approximate surface area is 201 Å². The highest BCUT2D eigenvalue weighted by molar-refractivity contribution is 6.30. The Balaban J connectivity index is 1.74. The summed E-state index contributed by atoms with van der Waals surface area (Å²) in [6, 6.07) is 17.5. The minimum absolute atomic E-state index is 0.0886. The third-order valence-electron chi connectivity index (χ3n) is 5.30. The van der Waals surface area contributed by atoms with Crippen LogP contribution in [0.25, 0.3) is 0 Å². The van der Waals surface area contributed by atoms with Crippen LogP contribution in [0.4, 0.5) is 5.82 Å². The Bertz CT molecular complexity index is 1220. The van der Waals surface area contributed by atoms with E-state index in [-0.39, 0.29) is 29.9 Å². The van der Waals surface area contributed by atoms with E-state index in [9.17, 15) is 9.59 Å². The maximum Gasteiger partial charge on any atom is 0.325 e. The summed E-state index contributed by atoms with van der Waals surface area (Å²) in [7, 11) is 2.69. The molecule has 3 aromatic rings. The van der Waals surface area contributed by atoms with Crippen molar-refractivity contribution in [3.8, 4) is 6.01 Å². The van der Waals surface area contributed by atoms with Gasteiger partial charge in [0.2, 0.25) is 0 Å². The number of hydrogen-bond acceptors (Lipinski definition) is 8. The van der Waals surface area contributed by atoms with Gasteiger partial charge in [-0.2, -0.15) is 10.1 Å². The predicted molar refractivity (Wildman–Crippen MR) is 127 cm³/mol. The van der Waals surface area contributed by atoms with Crippen LogP contribution in [0, 0.1) is 0 Å². The lowest BCUT2D eigenvalue weighted by Gasteiger charge is -2.18. The second-order valence-corrected chi connectivity index (χ2v) is 7.83. The second-order valence-electron chi connectivity index (χ2n) is 7.39. The van der Waals surface area contributed by atoms with E-state index < -0.39 is 11.9 Å². The van der Waals surface area contributed by atoms with Crippen LogP contribution in [0.5, 0.6) is 6.01 Å². The van der Waals surface area contributed by atoms with Crippen molar-refractivity contribution in [2.75, 3.05) is 32.3 Å². The van der Waals surface area contributed by atoms with Crippen molar-refractivity contribution in [2.24, 2.45) is 5.10 Å². The van der Waals surface area contributed by atoms with Gasteiger partial charge in [-0.1, -0.05) is 54.1 Å². The van der Waals surface area contributed by atoms with Crippen LogP contribution in [0.15, 0.2) is 65.9 Å². The lowest BCUT2D eigenvalue weighted by atomic mass is 9.91. The molecular weight excluding hydrogens is 458 g/mol. The van der Waals surface area contributed by atoms with Crippen LogP contribution in [0.3, 0.4) is 0 Å². The number of amides is 1. The number of nitrogens with zero attached hydrogens (tertiary/aromatic N) is 4. The molecule has 1 aliphatic rings. The smallest absolute Gasteiger partial charge is 0.325 e. The Morgan fingerprint density at radius 2 is 1.85 bits per heavy atom. The van der Waals surface area contributed by atoms with Crippen LogP contribution in [-0.4, -0.2) is 54.9 Å². The molecule has 9 nitrogen and oxygen atoms in total. The first-order valence-corrected chi connectivity index (χ1v) is 10.8. The van der Waals surface area contributed by atoms with Crippen molar-refractivity contribution in [3.63, 3.8) is 0 Å². The number of benzene rings is 2. The van der Waals surface area contributed by atoms with Crippen LogP contribution in [0.1, 0.15) is 27.4 Å². The maximum absolute atomic E-state index is 12.9. The third-order valence-corrected chi connectivity index (χ3v) is 5.55. The molecule has 2 aromatic carbocycles. The lowest BCUT2D eigenvalue weighted by molar-refractivity contribution is -0.139. The Morgan fingerprint density at radius 1 is 1.12 bits per heavy atom. The SMILES string of the molecule is COC(=O)CNC(=O)c1cnc(OC)nc1N1CC(c2ccccc2)C(c2ccc(Cl)cc2)=N1. The number of carbonyl (C=O) groups is 2. The second kappa shape index (κ2) is 10.3. The summed E-state index contributed by atoms with van der Waals surface area (Å²) in [5.41, 5.74) is 2.92. The van der Waals surface area contributed by atoms with Crippen molar-refractivity contribution < 1.29 is 19.1 Å².